The highest BCUT2D eigenvalue weighted by Gasteiger charge is 2.17. The molecule has 3 rings (SSSR count). The van der Waals surface area contributed by atoms with Gasteiger partial charge in [0.25, 0.3) is 0 Å². The Hall–Kier alpha value is -1.83. The Labute approximate surface area is 114 Å². The Balaban J connectivity index is 1.84. The molecule has 1 aromatic carbocycles. The summed E-state index contributed by atoms with van der Waals surface area (Å²) in [7, 11) is 0. The Bertz CT molecular complexity index is 534. The SMILES string of the molecule is C(=Nc1ccccc1C1CCCCC1)c1ccc[nH]1. The van der Waals surface area contributed by atoms with Crippen molar-refractivity contribution in [1.82, 2.24) is 4.98 Å². The van der Waals surface area contributed by atoms with Gasteiger partial charge in [0.1, 0.15) is 0 Å². The van der Waals surface area contributed by atoms with Gasteiger partial charge in [-0.05, 0) is 42.5 Å². The van der Waals surface area contributed by atoms with Crippen molar-refractivity contribution in [3.05, 3.63) is 53.9 Å². The van der Waals surface area contributed by atoms with Crippen molar-refractivity contribution >= 4 is 11.9 Å². The Morgan fingerprint density at radius 2 is 1.84 bits per heavy atom. The Kier molecular flexibility index (Phi) is 3.78. The molecule has 19 heavy (non-hydrogen) atoms. The first-order valence-corrected chi connectivity index (χ1v) is 7.20. The number of hydrogen-bond donors (Lipinski definition) is 1. The molecule has 1 aromatic heterocycles. The second-order valence-corrected chi connectivity index (χ2v) is 5.28. The molecule has 2 aromatic rings. The first kappa shape index (κ1) is 12.2. The maximum Gasteiger partial charge on any atom is 0.0665 e. The molecule has 0 unspecified atom stereocenters. The highest BCUT2D eigenvalue weighted by atomic mass is 14.8. The zero-order valence-corrected chi connectivity index (χ0v) is 11.2. The normalized spacial score (nSPS) is 17.1. The smallest absolute Gasteiger partial charge is 0.0665 e. The number of hydrogen-bond acceptors (Lipinski definition) is 1. The number of aromatic nitrogens is 1. The average molecular weight is 252 g/mol. The predicted octanol–water partition coefficient (Wildman–Crippen LogP) is 4.81. The van der Waals surface area contributed by atoms with Crippen LogP contribution in [-0.2, 0) is 0 Å². The molecule has 2 heteroatoms. The van der Waals surface area contributed by atoms with Crippen LogP contribution in [0.25, 0.3) is 0 Å². The quantitative estimate of drug-likeness (QED) is 0.759. The highest BCUT2D eigenvalue weighted by Crippen LogP contribution is 2.37. The van der Waals surface area contributed by atoms with E-state index >= 15 is 0 Å². The number of nitrogens with one attached hydrogen (secondary N) is 1. The minimum Gasteiger partial charge on any atom is -0.360 e. The van der Waals surface area contributed by atoms with Crippen LogP contribution in [0.4, 0.5) is 5.69 Å². The lowest BCUT2D eigenvalue weighted by molar-refractivity contribution is 0.444. The van der Waals surface area contributed by atoms with E-state index in [-0.39, 0.29) is 0 Å². The molecule has 2 nitrogen and oxygen atoms in total. The monoisotopic (exact) mass is 252 g/mol. The van der Waals surface area contributed by atoms with Gasteiger partial charge in [0.15, 0.2) is 0 Å². The summed E-state index contributed by atoms with van der Waals surface area (Å²) in [6.07, 6.45) is 10.6. The lowest BCUT2D eigenvalue weighted by atomic mass is 9.83. The highest BCUT2D eigenvalue weighted by molar-refractivity contribution is 5.80. The van der Waals surface area contributed by atoms with E-state index in [1.807, 2.05) is 24.5 Å². The third kappa shape index (κ3) is 2.95. The molecule has 1 saturated carbocycles. The van der Waals surface area contributed by atoms with Crippen molar-refractivity contribution < 1.29 is 0 Å². The van der Waals surface area contributed by atoms with Crippen LogP contribution < -0.4 is 0 Å². The van der Waals surface area contributed by atoms with Gasteiger partial charge >= 0.3 is 0 Å². The van der Waals surface area contributed by atoms with E-state index in [0.29, 0.717) is 5.92 Å². The topological polar surface area (TPSA) is 28.1 Å². The summed E-state index contributed by atoms with van der Waals surface area (Å²) in [5, 5.41) is 0. The largest absolute Gasteiger partial charge is 0.360 e. The van der Waals surface area contributed by atoms with Crippen LogP contribution >= 0.6 is 0 Å². The summed E-state index contributed by atoms with van der Waals surface area (Å²) in [6.45, 7) is 0. The van der Waals surface area contributed by atoms with Gasteiger partial charge in [-0.3, -0.25) is 4.99 Å². The molecule has 0 bridgehead atoms. The minimum atomic E-state index is 0.700. The number of rotatable bonds is 3. The molecule has 1 N–H and O–H groups in total. The summed E-state index contributed by atoms with van der Waals surface area (Å²) in [6, 6.07) is 12.6. The van der Waals surface area contributed by atoms with Crippen LogP contribution in [0.1, 0.15) is 49.3 Å². The van der Waals surface area contributed by atoms with Gasteiger partial charge in [0.2, 0.25) is 0 Å². The lowest BCUT2D eigenvalue weighted by Gasteiger charge is -2.23. The molecule has 0 saturated heterocycles. The second-order valence-electron chi connectivity index (χ2n) is 5.28. The molecule has 0 spiro atoms. The van der Waals surface area contributed by atoms with Crippen LogP contribution in [0.2, 0.25) is 0 Å². The van der Waals surface area contributed by atoms with Crippen LogP contribution in [0, 0.1) is 0 Å². The fourth-order valence-corrected chi connectivity index (χ4v) is 2.93. The molecule has 0 amide bonds. The van der Waals surface area contributed by atoms with Gasteiger partial charge in [-0.25, -0.2) is 0 Å². The van der Waals surface area contributed by atoms with E-state index in [1.54, 1.807) is 0 Å². The minimum absolute atomic E-state index is 0.700. The third-order valence-corrected chi connectivity index (χ3v) is 3.95. The zero-order chi connectivity index (χ0) is 12.9. The van der Waals surface area contributed by atoms with Crippen LogP contribution in [0.3, 0.4) is 0 Å². The van der Waals surface area contributed by atoms with Gasteiger partial charge in [0, 0.05) is 6.20 Å². The van der Waals surface area contributed by atoms with Gasteiger partial charge in [0.05, 0.1) is 17.6 Å². The fourth-order valence-electron chi connectivity index (χ4n) is 2.93. The summed E-state index contributed by atoms with van der Waals surface area (Å²) < 4.78 is 0. The zero-order valence-electron chi connectivity index (χ0n) is 11.2. The van der Waals surface area contributed by atoms with Crippen LogP contribution in [0.5, 0.6) is 0 Å². The number of benzene rings is 1. The van der Waals surface area contributed by atoms with Crippen LogP contribution in [-0.4, -0.2) is 11.2 Å². The maximum atomic E-state index is 4.67. The van der Waals surface area contributed by atoms with Gasteiger partial charge in [-0.1, -0.05) is 37.5 Å². The van der Waals surface area contributed by atoms with Crippen molar-refractivity contribution in [2.75, 3.05) is 0 Å². The van der Waals surface area contributed by atoms with E-state index in [9.17, 15) is 0 Å². The van der Waals surface area contributed by atoms with Crippen LogP contribution in [0.15, 0.2) is 47.6 Å². The summed E-state index contributed by atoms with van der Waals surface area (Å²) >= 11 is 0. The van der Waals surface area contributed by atoms with Gasteiger partial charge in [-0.2, -0.15) is 0 Å². The van der Waals surface area contributed by atoms with E-state index in [4.69, 9.17) is 0 Å². The molecule has 1 aliphatic carbocycles. The molecule has 0 radical (unpaired) electrons. The molecule has 1 aliphatic rings. The maximum absolute atomic E-state index is 4.67. The second kappa shape index (κ2) is 5.87. The first-order chi connectivity index (χ1) is 9.43. The lowest BCUT2D eigenvalue weighted by Crippen LogP contribution is -2.04. The number of aliphatic imine (C=N–C) groups is 1. The Morgan fingerprint density at radius 1 is 1.00 bits per heavy atom. The molecular weight excluding hydrogens is 232 g/mol. The fraction of sp³-hybridized carbons (Fsp3) is 0.353. The third-order valence-electron chi connectivity index (χ3n) is 3.95. The predicted molar refractivity (Wildman–Crippen MR) is 80.3 cm³/mol. The number of nitrogens with zero attached hydrogens (tertiary/aromatic N) is 1. The molecule has 1 heterocycles. The summed E-state index contributed by atoms with van der Waals surface area (Å²) in [4.78, 5) is 7.82. The van der Waals surface area contributed by atoms with Gasteiger partial charge < -0.3 is 4.98 Å². The number of H-pyrrole nitrogens is 1. The summed E-state index contributed by atoms with van der Waals surface area (Å²) in [5.74, 6) is 0.700. The number of para-hydroxylation sites is 1. The van der Waals surface area contributed by atoms with E-state index < -0.39 is 0 Å². The van der Waals surface area contributed by atoms with Crippen molar-refractivity contribution in [2.45, 2.75) is 38.0 Å². The number of aromatic amines is 1. The van der Waals surface area contributed by atoms with Gasteiger partial charge in [-0.15, -0.1) is 0 Å². The molecular formula is C17H20N2. The van der Waals surface area contributed by atoms with Crippen molar-refractivity contribution in [2.24, 2.45) is 4.99 Å². The Morgan fingerprint density at radius 3 is 2.63 bits per heavy atom. The first-order valence-electron chi connectivity index (χ1n) is 7.20. The van der Waals surface area contributed by atoms with E-state index in [2.05, 4.69) is 34.2 Å². The van der Waals surface area contributed by atoms with Crippen molar-refractivity contribution in [1.29, 1.82) is 0 Å². The molecule has 98 valence electrons. The van der Waals surface area contributed by atoms with Crippen molar-refractivity contribution in [3.8, 4) is 0 Å². The summed E-state index contributed by atoms with van der Waals surface area (Å²) in [5.41, 5.74) is 3.60. The van der Waals surface area contributed by atoms with E-state index in [0.717, 1.165) is 11.4 Å². The van der Waals surface area contributed by atoms with Crippen molar-refractivity contribution in [3.63, 3.8) is 0 Å². The molecule has 0 aliphatic heterocycles. The molecule has 0 atom stereocenters. The standard InChI is InChI=1S/C17H20N2/c1-2-7-14(8-3-1)16-10-4-5-11-17(16)19-13-15-9-6-12-18-15/h4-6,9-14,18H,1-3,7-8H2. The average Bonchev–Trinajstić information content (AvgIpc) is 3.00. The molecule has 1 fully saturated rings. The van der Waals surface area contributed by atoms with E-state index in [1.165, 1.54) is 37.7 Å².